The van der Waals surface area contributed by atoms with E-state index in [1.165, 1.54) is 5.56 Å². The summed E-state index contributed by atoms with van der Waals surface area (Å²) in [4.78, 5) is 21.5. The van der Waals surface area contributed by atoms with Gasteiger partial charge in [0.25, 0.3) is 0 Å². The first-order valence-electron chi connectivity index (χ1n) is 11.3. The van der Waals surface area contributed by atoms with Gasteiger partial charge in [-0.2, -0.15) is 4.98 Å². The molecule has 168 valence electrons. The van der Waals surface area contributed by atoms with E-state index in [2.05, 4.69) is 32.2 Å². The van der Waals surface area contributed by atoms with E-state index >= 15 is 0 Å². The van der Waals surface area contributed by atoms with Gasteiger partial charge in [0, 0.05) is 44.7 Å². The number of piperazine rings is 1. The molecule has 1 aliphatic heterocycles. The standard InChI is InChI=1S/C25H31N5O2/c1-19-8-10-22(11-9-19)25-27-24(32-28-25)18-30-16-14-29(15-17-30)13-12-23(31)26-20(2)21-6-4-3-5-7-21/h3-11,20H,12-18H2,1-2H3,(H,26,31). The van der Waals surface area contributed by atoms with Crippen LogP contribution in [0.5, 0.6) is 0 Å². The molecule has 0 aliphatic carbocycles. The second kappa shape index (κ2) is 10.5. The first-order chi connectivity index (χ1) is 15.6. The Morgan fingerprint density at radius 2 is 1.72 bits per heavy atom. The Kier molecular flexibility index (Phi) is 7.29. The largest absolute Gasteiger partial charge is 0.350 e. The van der Waals surface area contributed by atoms with Gasteiger partial charge < -0.3 is 14.7 Å². The van der Waals surface area contributed by atoms with Crippen molar-refractivity contribution in [3.8, 4) is 11.4 Å². The van der Waals surface area contributed by atoms with Crippen molar-refractivity contribution in [2.24, 2.45) is 0 Å². The fourth-order valence-electron chi connectivity index (χ4n) is 3.90. The Morgan fingerprint density at radius 1 is 1.03 bits per heavy atom. The molecule has 3 aromatic rings. The summed E-state index contributed by atoms with van der Waals surface area (Å²) in [6.07, 6.45) is 0.515. The molecule has 1 aromatic heterocycles. The fraction of sp³-hybridized carbons (Fsp3) is 0.400. The molecular formula is C25H31N5O2. The molecule has 1 unspecified atom stereocenters. The van der Waals surface area contributed by atoms with Gasteiger partial charge in [-0.3, -0.25) is 9.69 Å². The van der Waals surface area contributed by atoms with Gasteiger partial charge >= 0.3 is 0 Å². The third kappa shape index (κ3) is 6.02. The molecule has 0 saturated carbocycles. The van der Waals surface area contributed by atoms with E-state index in [0.29, 0.717) is 24.7 Å². The van der Waals surface area contributed by atoms with E-state index in [4.69, 9.17) is 4.52 Å². The number of aromatic nitrogens is 2. The van der Waals surface area contributed by atoms with Crippen molar-refractivity contribution in [2.75, 3.05) is 32.7 Å². The topological polar surface area (TPSA) is 74.5 Å². The van der Waals surface area contributed by atoms with Crippen molar-refractivity contribution in [1.29, 1.82) is 0 Å². The molecule has 1 fully saturated rings. The third-order valence-electron chi connectivity index (χ3n) is 5.93. The Labute approximate surface area is 189 Å². The first-order valence-corrected chi connectivity index (χ1v) is 11.3. The van der Waals surface area contributed by atoms with E-state index in [1.807, 2.05) is 61.5 Å². The van der Waals surface area contributed by atoms with Crippen molar-refractivity contribution in [3.63, 3.8) is 0 Å². The molecular weight excluding hydrogens is 402 g/mol. The lowest BCUT2D eigenvalue weighted by molar-refractivity contribution is -0.122. The SMILES string of the molecule is Cc1ccc(-c2noc(CN3CCN(CCC(=O)NC(C)c4ccccc4)CC3)n2)cc1. The number of amides is 1. The zero-order valence-corrected chi connectivity index (χ0v) is 18.8. The Morgan fingerprint density at radius 3 is 2.44 bits per heavy atom. The van der Waals surface area contributed by atoms with Crippen LogP contribution in [0.4, 0.5) is 0 Å². The average Bonchev–Trinajstić information content (AvgIpc) is 3.28. The molecule has 32 heavy (non-hydrogen) atoms. The third-order valence-corrected chi connectivity index (χ3v) is 5.93. The van der Waals surface area contributed by atoms with Crippen LogP contribution in [0.3, 0.4) is 0 Å². The number of rotatable bonds is 8. The second-order valence-electron chi connectivity index (χ2n) is 8.45. The summed E-state index contributed by atoms with van der Waals surface area (Å²) in [6, 6.07) is 18.2. The smallest absolute Gasteiger partial charge is 0.241 e. The van der Waals surface area contributed by atoms with E-state index in [0.717, 1.165) is 43.9 Å². The lowest BCUT2D eigenvalue weighted by Crippen LogP contribution is -2.46. The summed E-state index contributed by atoms with van der Waals surface area (Å²) in [5.41, 5.74) is 3.30. The molecule has 0 radical (unpaired) electrons. The van der Waals surface area contributed by atoms with E-state index < -0.39 is 0 Å². The van der Waals surface area contributed by atoms with Crippen LogP contribution >= 0.6 is 0 Å². The van der Waals surface area contributed by atoms with Gasteiger partial charge in [0.2, 0.25) is 17.6 Å². The summed E-state index contributed by atoms with van der Waals surface area (Å²) < 4.78 is 5.46. The fourth-order valence-corrected chi connectivity index (χ4v) is 3.90. The highest BCUT2D eigenvalue weighted by atomic mass is 16.5. The molecule has 2 aromatic carbocycles. The molecule has 7 nitrogen and oxygen atoms in total. The lowest BCUT2D eigenvalue weighted by atomic mass is 10.1. The molecule has 4 rings (SSSR count). The summed E-state index contributed by atoms with van der Waals surface area (Å²) >= 11 is 0. The summed E-state index contributed by atoms with van der Waals surface area (Å²) in [5.74, 6) is 1.37. The summed E-state index contributed by atoms with van der Waals surface area (Å²) in [5, 5.41) is 7.22. The monoisotopic (exact) mass is 433 g/mol. The van der Waals surface area contributed by atoms with Crippen LogP contribution in [-0.2, 0) is 11.3 Å². The highest BCUT2D eigenvalue weighted by Gasteiger charge is 2.20. The van der Waals surface area contributed by atoms with Crippen molar-refractivity contribution < 1.29 is 9.32 Å². The number of hydrogen-bond acceptors (Lipinski definition) is 6. The number of carbonyl (C=O) groups excluding carboxylic acids is 1. The summed E-state index contributed by atoms with van der Waals surface area (Å²) in [6.45, 7) is 9.22. The molecule has 1 aliphatic rings. The van der Waals surface area contributed by atoms with Crippen LogP contribution < -0.4 is 5.32 Å². The molecule has 1 saturated heterocycles. The van der Waals surface area contributed by atoms with Crippen LogP contribution in [0, 0.1) is 6.92 Å². The Bertz CT molecular complexity index is 995. The number of nitrogens with one attached hydrogen (secondary N) is 1. The van der Waals surface area contributed by atoms with Gasteiger partial charge in [0.1, 0.15) is 0 Å². The predicted molar refractivity (Wildman–Crippen MR) is 124 cm³/mol. The highest BCUT2D eigenvalue weighted by molar-refractivity contribution is 5.76. The minimum atomic E-state index is 0.0275. The molecule has 7 heteroatoms. The Balaban J connectivity index is 1.18. The van der Waals surface area contributed by atoms with Gasteiger partial charge in [-0.15, -0.1) is 0 Å². The van der Waals surface area contributed by atoms with Gasteiger partial charge in [-0.25, -0.2) is 0 Å². The molecule has 1 amide bonds. The number of aryl methyl sites for hydroxylation is 1. The Hall–Kier alpha value is -3.03. The minimum absolute atomic E-state index is 0.0275. The van der Waals surface area contributed by atoms with Crippen LogP contribution in [0.25, 0.3) is 11.4 Å². The van der Waals surface area contributed by atoms with Crippen LogP contribution in [0.1, 0.15) is 36.4 Å². The predicted octanol–water partition coefficient (Wildman–Crippen LogP) is 3.43. The number of benzene rings is 2. The van der Waals surface area contributed by atoms with Gasteiger partial charge in [0.15, 0.2) is 0 Å². The molecule has 2 heterocycles. The van der Waals surface area contributed by atoms with Crippen LogP contribution in [-0.4, -0.2) is 58.6 Å². The van der Waals surface area contributed by atoms with Crippen LogP contribution in [0.2, 0.25) is 0 Å². The normalized spacial score (nSPS) is 16.1. The summed E-state index contributed by atoms with van der Waals surface area (Å²) in [7, 11) is 0. The quantitative estimate of drug-likeness (QED) is 0.587. The molecule has 1 atom stereocenters. The van der Waals surface area contributed by atoms with Gasteiger partial charge in [-0.1, -0.05) is 65.3 Å². The van der Waals surface area contributed by atoms with Crippen LogP contribution in [0.15, 0.2) is 59.1 Å². The van der Waals surface area contributed by atoms with Crippen molar-refractivity contribution in [3.05, 3.63) is 71.6 Å². The van der Waals surface area contributed by atoms with Gasteiger partial charge in [-0.05, 0) is 19.4 Å². The average molecular weight is 434 g/mol. The van der Waals surface area contributed by atoms with E-state index in [9.17, 15) is 4.79 Å². The zero-order valence-electron chi connectivity index (χ0n) is 18.8. The zero-order chi connectivity index (χ0) is 22.3. The maximum absolute atomic E-state index is 12.3. The first kappa shape index (κ1) is 22.2. The van der Waals surface area contributed by atoms with Crippen molar-refractivity contribution in [2.45, 2.75) is 32.9 Å². The second-order valence-corrected chi connectivity index (χ2v) is 8.45. The van der Waals surface area contributed by atoms with E-state index in [-0.39, 0.29) is 11.9 Å². The van der Waals surface area contributed by atoms with Crippen molar-refractivity contribution in [1.82, 2.24) is 25.3 Å². The number of nitrogens with zero attached hydrogens (tertiary/aromatic N) is 4. The maximum atomic E-state index is 12.3. The maximum Gasteiger partial charge on any atom is 0.241 e. The number of hydrogen-bond donors (Lipinski definition) is 1. The molecule has 1 N–H and O–H groups in total. The molecule has 0 bridgehead atoms. The molecule has 0 spiro atoms. The van der Waals surface area contributed by atoms with E-state index in [1.54, 1.807) is 0 Å². The van der Waals surface area contributed by atoms with Crippen molar-refractivity contribution >= 4 is 5.91 Å². The number of carbonyl (C=O) groups is 1. The minimum Gasteiger partial charge on any atom is -0.350 e. The lowest BCUT2D eigenvalue weighted by Gasteiger charge is -2.33. The van der Waals surface area contributed by atoms with Gasteiger partial charge in [0.05, 0.1) is 12.6 Å². The highest BCUT2D eigenvalue weighted by Crippen LogP contribution is 2.17.